The van der Waals surface area contributed by atoms with E-state index in [9.17, 15) is 0 Å². The minimum atomic E-state index is 0.314. The molecule has 1 aliphatic heterocycles. The van der Waals surface area contributed by atoms with Gasteiger partial charge in [0.2, 0.25) is 0 Å². The molecule has 1 heterocycles. The summed E-state index contributed by atoms with van der Waals surface area (Å²) in [6.45, 7) is 7.76. The Bertz CT molecular complexity index is 833. The van der Waals surface area contributed by atoms with Crippen LogP contribution in [0.2, 0.25) is 0 Å². The molecule has 0 spiro atoms. The minimum Gasteiger partial charge on any atom is -0.496 e. The third-order valence-corrected chi connectivity index (χ3v) is 4.96. The van der Waals surface area contributed by atoms with Crippen LogP contribution in [0.5, 0.6) is 11.5 Å². The smallest absolute Gasteiger partial charge is 0.127 e. The van der Waals surface area contributed by atoms with Gasteiger partial charge >= 0.3 is 0 Å². The van der Waals surface area contributed by atoms with E-state index in [2.05, 4.69) is 67.0 Å². The second kappa shape index (κ2) is 10.8. The summed E-state index contributed by atoms with van der Waals surface area (Å²) >= 11 is 0. The number of hydrogen-bond donors (Lipinski definition) is 2. The van der Waals surface area contributed by atoms with Crippen LogP contribution in [0.15, 0.2) is 54.1 Å². The van der Waals surface area contributed by atoms with Crippen LogP contribution in [0.4, 0.5) is 0 Å². The van der Waals surface area contributed by atoms with Gasteiger partial charge in [0.15, 0.2) is 0 Å². The molecule has 0 saturated carbocycles. The lowest BCUT2D eigenvalue weighted by molar-refractivity contribution is 0.244. The molecule has 1 aliphatic rings. The average Bonchev–Trinajstić information content (AvgIpc) is 2.76. The van der Waals surface area contributed by atoms with Gasteiger partial charge in [-0.05, 0) is 43.5 Å². The number of ether oxygens (including phenoxy) is 2. The van der Waals surface area contributed by atoms with E-state index in [1.807, 2.05) is 18.2 Å². The summed E-state index contributed by atoms with van der Waals surface area (Å²) in [7, 11) is 1.72. The zero-order valence-corrected chi connectivity index (χ0v) is 17.7. The summed E-state index contributed by atoms with van der Waals surface area (Å²) < 4.78 is 12.0. The Morgan fingerprint density at radius 3 is 2.48 bits per heavy atom. The van der Waals surface area contributed by atoms with Gasteiger partial charge in [-0.3, -0.25) is 0 Å². The predicted molar refractivity (Wildman–Crippen MR) is 122 cm³/mol. The first-order valence-corrected chi connectivity index (χ1v) is 10.3. The van der Waals surface area contributed by atoms with Gasteiger partial charge in [-0.2, -0.15) is 0 Å². The highest BCUT2D eigenvalue weighted by atomic mass is 16.5. The van der Waals surface area contributed by atoms with Crippen molar-refractivity contribution in [1.29, 1.82) is 0 Å². The van der Waals surface area contributed by atoms with Crippen molar-refractivity contribution >= 4 is 12.2 Å². The molecule has 1 fully saturated rings. The molecule has 1 unspecified atom stereocenters. The molecule has 0 aromatic heterocycles. The fraction of sp³-hybridized carbons (Fsp3) is 0.360. The molecule has 4 nitrogen and oxygen atoms in total. The van der Waals surface area contributed by atoms with Crippen LogP contribution >= 0.6 is 0 Å². The van der Waals surface area contributed by atoms with Gasteiger partial charge < -0.3 is 20.1 Å². The van der Waals surface area contributed by atoms with E-state index < -0.39 is 0 Å². The molecule has 1 saturated heterocycles. The van der Waals surface area contributed by atoms with Crippen LogP contribution in [-0.4, -0.2) is 39.4 Å². The van der Waals surface area contributed by atoms with Crippen molar-refractivity contribution in [3.05, 3.63) is 70.8 Å². The third kappa shape index (κ3) is 6.48. The Hall–Kier alpha value is -2.56. The largest absolute Gasteiger partial charge is 0.496 e. The number of methoxy groups -OCH3 is 1. The summed E-state index contributed by atoms with van der Waals surface area (Å²) in [5.41, 5.74) is 4.61. The fourth-order valence-corrected chi connectivity index (χ4v) is 3.33. The van der Waals surface area contributed by atoms with E-state index in [-0.39, 0.29) is 0 Å². The zero-order valence-electron chi connectivity index (χ0n) is 17.7. The average molecular weight is 393 g/mol. The van der Waals surface area contributed by atoms with E-state index >= 15 is 0 Å². The van der Waals surface area contributed by atoms with E-state index in [1.165, 1.54) is 11.1 Å². The maximum Gasteiger partial charge on any atom is 0.127 e. The number of benzene rings is 2. The Labute approximate surface area is 174 Å². The quantitative estimate of drug-likeness (QED) is 0.519. The monoisotopic (exact) mass is 392 g/mol. The molecule has 0 amide bonds. The van der Waals surface area contributed by atoms with Crippen LogP contribution in [0.3, 0.4) is 0 Å². The molecular weight excluding hydrogens is 360 g/mol. The second-order valence-electron chi connectivity index (χ2n) is 7.60. The molecule has 4 heteroatoms. The maximum absolute atomic E-state index is 6.30. The number of hydrogen-bond acceptors (Lipinski definition) is 4. The molecule has 1 atom stereocenters. The standard InChI is InChI=1S/C25H32N2O2/c1-19(2)9-12-23-24(28-3)15-21(11-10-20-7-5-4-6-8-20)16-25(23)29-18-22-17-26-13-14-27-22/h4-11,15-16,22,26-27H,12-14,17-18H2,1-3H3. The molecule has 2 N–H and O–H groups in total. The highest BCUT2D eigenvalue weighted by Gasteiger charge is 2.16. The summed E-state index contributed by atoms with van der Waals surface area (Å²) in [4.78, 5) is 0. The third-order valence-electron chi connectivity index (χ3n) is 4.96. The van der Waals surface area contributed by atoms with Crippen molar-refractivity contribution in [2.45, 2.75) is 26.3 Å². The normalized spacial score (nSPS) is 16.6. The molecule has 2 aromatic rings. The van der Waals surface area contributed by atoms with Gasteiger partial charge in [-0.25, -0.2) is 0 Å². The highest BCUT2D eigenvalue weighted by molar-refractivity contribution is 5.72. The summed E-state index contributed by atoms with van der Waals surface area (Å²) in [6, 6.07) is 14.8. The topological polar surface area (TPSA) is 42.5 Å². The Balaban J connectivity index is 1.87. The first-order chi connectivity index (χ1) is 14.2. The van der Waals surface area contributed by atoms with Crippen LogP contribution in [0.25, 0.3) is 12.2 Å². The van der Waals surface area contributed by atoms with Crippen LogP contribution in [0, 0.1) is 0 Å². The SMILES string of the molecule is COc1cc(C=Cc2ccccc2)cc(OCC2CNCCN2)c1CC=C(C)C. The van der Waals surface area contributed by atoms with Gasteiger partial charge in [0, 0.05) is 25.2 Å². The van der Waals surface area contributed by atoms with Crippen molar-refractivity contribution in [2.24, 2.45) is 0 Å². The molecular formula is C25H32N2O2. The molecule has 0 radical (unpaired) electrons. The number of nitrogens with one attached hydrogen (secondary N) is 2. The van der Waals surface area contributed by atoms with E-state index in [4.69, 9.17) is 9.47 Å². The molecule has 0 aliphatic carbocycles. The summed E-state index contributed by atoms with van der Waals surface area (Å²) in [5, 5.41) is 6.91. The van der Waals surface area contributed by atoms with Crippen molar-refractivity contribution < 1.29 is 9.47 Å². The summed E-state index contributed by atoms with van der Waals surface area (Å²) in [5.74, 6) is 1.75. The van der Waals surface area contributed by atoms with E-state index in [1.54, 1.807) is 7.11 Å². The number of piperazine rings is 1. The van der Waals surface area contributed by atoms with Crippen molar-refractivity contribution in [3.63, 3.8) is 0 Å². The van der Waals surface area contributed by atoms with Crippen LogP contribution in [0.1, 0.15) is 30.5 Å². The molecule has 3 rings (SSSR count). The van der Waals surface area contributed by atoms with Gasteiger partial charge in [-0.15, -0.1) is 0 Å². The zero-order chi connectivity index (χ0) is 20.5. The predicted octanol–water partition coefficient (Wildman–Crippen LogP) is 4.31. The Kier molecular flexibility index (Phi) is 7.91. The lowest BCUT2D eigenvalue weighted by Crippen LogP contribution is -2.51. The first kappa shape index (κ1) is 21.2. The highest BCUT2D eigenvalue weighted by Crippen LogP contribution is 2.33. The van der Waals surface area contributed by atoms with Crippen molar-refractivity contribution in [3.8, 4) is 11.5 Å². The Morgan fingerprint density at radius 1 is 1.03 bits per heavy atom. The van der Waals surface area contributed by atoms with Gasteiger partial charge in [0.05, 0.1) is 13.2 Å². The lowest BCUT2D eigenvalue weighted by Gasteiger charge is -2.25. The number of rotatable bonds is 8. The number of allylic oxidation sites excluding steroid dienone is 2. The maximum atomic E-state index is 6.30. The molecule has 0 bridgehead atoms. The Morgan fingerprint density at radius 2 is 1.79 bits per heavy atom. The van der Waals surface area contributed by atoms with Crippen LogP contribution < -0.4 is 20.1 Å². The van der Waals surface area contributed by atoms with Crippen molar-refractivity contribution in [2.75, 3.05) is 33.4 Å². The minimum absolute atomic E-state index is 0.314. The van der Waals surface area contributed by atoms with Crippen LogP contribution in [-0.2, 0) is 6.42 Å². The second-order valence-corrected chi connectivity index (χ2v) is 7.60. The van der Waals surface area contributed by atoms with E-state index in [0.717, 1.165) is 48.7 Å². The first-order valence-electron chi connectivity index (χ1n) is 10.3. The molecule has 29 heavy (non-hydrogen) atoms. The van der Waals surface area contributed by atoms with Crippen molar-refractivity contribution in [1.82, 2.24) is 10.6 Å². The van der Waals surface area contributed by atoms with Gasteiger partial charge in [0.1, 0.15) is 18.1 Å². The fourth-order valence-electron chi connectivity index (χ4n) is 3.33. The van der Waals surface area contributed by atoms with Gasteiger partial charge in [0.25, 0.3) is 0 Å². The van der Waals surface area contributed by atoms with Gasteiger partial charge in [-0.1, -0.05) is 54.1 Å². The molecule has 154 valence electrons. The lowest BCUT2D eigenvalue weighted by atomic mass is 10.0. The molecule has 2 aromatic carbocycles. The summed E-state index contributed by atoms with van der Waals surface area (Å²) in [6.07, 6.45) is 7.22. The van der Waals surface area contributed by atoms with E-state index in [0.29, 0.717) is 12.6 Å².